The van der Waals surface area contributed by atoms with Crippen molar-refractivity contribution >= 4 is 33.5 Å². The van der Waals surface area contributed by atoms with Gasteiger partial charge in [-0.05, 0) is 15.9 Å². The maximum atomic E-state index is 11.9. The average molecular weight is 302 g/mol. The highest BCUT2D eigenvalue weighted by Gasteiger charge is 2.40. The molecular weight excluding hydrogens is 299 g/mol. The van der Waals surface area contributed by atoms with Crippen LogP contribution in [0.15, 0.2) is 4.60 Å². The van der Waals surface area contributed by atoms with Gasteiger partial charge in [0.25, 0.3) is 0 Å². The Labute approximate surface area is 94.0 Å². The van der Waals surface area contributed by atoms with Crippen LogP contribution in [-0.2, 0) is 4.79 Å². The number of hydrogen-bond donors (Lipinski definition) is 3. The summed E-state index contributed by atoms with van der Waals surface area (Å²) in [6, 6.07) is 0. The quantitative estimate of drug-likeness (QED) is 0.769. The molecule has 0 atom stereocenters. The van der Waals surface area contributed by atoms with Crippen LogP contribution in [0.25, 0.3) is 0 Å². The Balaban J connectivity index is 3.02. The van der Waals surface area contributed by atoms with E-state index in [0.717, 1.165) is 0 Å². The number of carboxylic acid groups (broad SMARTS) is 1. The van der Waals surface area contributed by atoms with Crippen molar-refractivity contribution in [3.63, 3.8) is 0 Å². The Morgan fingerprint density at radius 3 is 2.44 bits per heavy atom. The summed E-state index contributed by atoms with van der Waals surface area (Å²) >= 11 is 2.72. The van der Waals surface area contributed by atoms with Gasteiger partial charge in [-0.2, -0.15) is 18.3 Å². The first-order valence-corrected chi connectivity index (χ1v) is 4.38. The lowest BCUT2D eigenvalue weighted by Crippen LogP contribution is -2.30. The van der Waals surface area contributed by atoms with E-state index in [9.17, 15) is 22.8 Å². The number of H-pyrrole nitrogens is 1. The summed E-state index contributed by atoms with van der Waals surface area (Å²) in [5.74, 6) is -3.85. The number of carbonyl (C=O) groups is 2. The van der Waals surface area contributed by atoms with Crippen LogP contribution in [0.1, 0.15) is 10.5 Å². The molecule has 0 aliphatic carbocycles. The molecule has 0 radical (unpaired) electrons. The fraction of sp³-hybridized carbons (Fsp3) is 0.167. The molecule has 0 fully saturated rings. The SMILES string of the molecule is O=C(O)c1n[nH]c(Br)c1NC(=O)C(F)(F)F. The summed E-state index contributed by atoms with van der Waals surface area (Å²) in [5, 5.41) is 15.2. The van der Waals surface area contributed by atoms with Crippen molar-refractivity contribution in [2.45, 2.75) is 6.18 Å². The number of halogens is 4. The number of nitrogens with one attached hydrogen (secondary N) is 2. The molecule has 1 aromatic rings. The van der Waals surface area contributed by atoms with Crippen LogP contribution in [0.3, 0.4) is 0 Å². The highest BCUT2D eigenvalue weighted by molar-refractivity contribution is 9.10. The third-order valence-corrected chi connectivity index (χ3v) is 1.99. The summed E-state index contributed by atoms with van der Waals surface area (Å²) in [6.07, 6.45) is -5.10. The highest BCUT2D eigenvalue weighted by atomic mass is 79.9. The molecule has 1 rings (SSSR count). The molecule has 0 bridgehead atoms. The lowest BCUT2D eigenvalue weighted by atomic mass is 10.3. The topological polar surface area (TPSA) is 95.1 Å². The molecule has 6 nitrogen and oxygen atoms in total. The van der Waals surface area contributed by atoms with Crippen LogP contribution in [-0.4, -0.2) is 33.4 Å². The predicted molar refractivity (Wildman–Crippen MR) is 47.9 cm³/mol. The molecule has 0 saturated heterocycles. The van der Waals surface area contributed by atoms with Crippen LogP contribution in [0.4, 0.5) is 18.9 Å². The van der Waals surface area contributed by atoms with Crippen molar-refractivity contribution in [2.24, 2.45) is 0 Å². The number of aromatic amines is 1. The van der Waals surface area contributed by atoms with E-state index in [2.05, 4.69) is 26.1 Å². The summed E-state index contributed by atoms with van der Waals surface area (Å²) in [5.41, 5.74) is -1.29. The Morgan fingerprint density at radius 1 is 1.44 bits per heavy atom. The van der Waals surface area contributed by atoms with Crippen molar-refractivity contribution in [3.05, 3.63) is 10.3 Å². The second-order valence-corrected chi connectivity index (χ2v) is 3.31. The lowest BCUT2D eigenvalue weighted by Gasteiger charge is -2.06. The van der Waals surface area contributed by atoms with Crippen LogP contribution in [0.5, 0.6) is 0 Å². The van der Waals surface area contributed by atoms with Gasteiger partial charge in [-0.25, -0.2) is 4.79 Å². The largest absolute Gasteiger partial charge is 0.476 e. The first-order chi connectivity index (χ1) is 7.23. The summed E-state index contributed by atoms with van der Waals surface area (Å²) in [4.78, 5) is 21.1. The summed E-state index contributed by atoms with van der Waals surface area (Å²) in [7, 11) is 0. The molecule has 1 aromatic heterocycles. The fourth-order valence-electron chi connectivity index (χ4n) is 0.774. The number of nitrogens with zero attached hydrogens (tertiary/aromatic N) is 1. The minimum Gasteiger partial charge on any atom is -0.476 e. The molecule has 0 aliphatic heterocycles. The predicted octanol–water partition coefficient (Wildman–Crippen LogP) is 1.37. The molecule has 16 heavy (non-hydrogen) atoms. The Hall–Kier alpha value is -1.58. The van der Waals surface area contributed by atoms with E-state index in [1.807, 2.05) is 0 Å². The minimum absolute atomic E-state index is 0.164. The molecule has 0 spiro atoms. The van der Waals surface area contributed by atoms with Crippen LogP contribution in [0, 0.1) is 0 Å². The van der Waals surface area contributed by atoms with Crippen molar-refractivity contribution in [3.8, 4) is 0 Å². The lowest BCUT2D eigenvalue weighted by molar-refractivity contribution is -0.167. The average Bonchev–Trinajstić information content (AvgIpc) is 2.46. The Morgan fingerprint density at radius 2 is 2.00 bits per heavy atom. The monoisotopic (exact) mass is 301 g/mol. The molecule has 1 amide bonds. The molecular formula is C6H3BrF3N3O3. The van der Waals surface area contributed by atoms with E-state index in [0.29, 0.717) is 0 Å². The maximum absolute atomic E-state index is 11.9. The number of hydrogen-bond acceptors (Lipinski definition) is 3. The molecule has 0 aliphatic rings. The van der Waals surface area contributed by atoms with Gasteiger partial charge in [0.05, 0.1) is 0 Å². The van der Waals surface area contributed by atoms with E-state index in [-0.39, 0.29) is 4.60 Å². The highest BCUT2D eigenvalue weighted by Crippen LogP contribution is 2.26. The molecule has 10 heteroatoms. The molecule has 88 valence electrons. The number of amides is 1. The third-order valence-electron chi connectivity index (χ3n) is 1.42. The van der Waals surface area contributed by atoms with Gasteiger partial charge in [-0.1, -0.05) is 0 Å². The second kappa shape index (κ2) is 4.12. The first-order valence-electron chi connectivity index (χ1n) is 3.58. The molecule has 0 unspecified atom stereocenters. The minimum atomic E-state index is -5.10. The number of carbonyl (C=O) groups excluding carboxylic acids is 1. The number of alkyl halides is 3. The molecule has 0 saturated carbocycles. The van der Waals surface area contributed by atoms with E-state index in [1.54, 1.807) is 0 Å². The van der Waals surface area contributed by atoms with Gasteiger partial charge >= 0.3 is 18.1 Å². The number of carboxylic acids is 1. The van der Waals surface area contributed by atoms with E-state index in [1.165, 1.54) is 5.32 Å². The zero-order valence-electron chi connectivity index (χ0n) is 7.22. The summed E-state index contributed by atoms with van der Waals surface area (Å²) in [6.45, 7) is 0. The van der Waals surface area contributed by atoms with E-state index >= 15 is 0 Å². The number of rotatable bonds is 2. The normalized spacial score (nSPS) is 11.2. The number of aromatic carboxylic acids is 1. The van der Waals surface area contributed by atoms with Crippen LogP contribution in [0.2, 0.25) is 0 Å². The van der Waals surface area contributed by atoms with Gasteiger partial charge in [0.1, 0.15) is 10.3 Å². The van der Waals surface area contributed by atoms with Crippen LogP contribution >= 0.6 is 15.9 Å². The van der Waals surface area contributed by atoms with Crippen molar-refractivity contribution < 1.29 is 27.9 Å². The Kier molecular flexibility index (Phi) is 3.21. The van der Waals surface area contributed by atoms with Crippen molar-refractivity contribution in [1.29, 1.82) is 0 Å². The van der Waals surface area contributed by atoms with Gasteiger partial charge in [0, 0.05) is 0 Å². The van der Waals surface area contributed by atoms with Crippen molar-refractivity contribution in [1.82, 2.24) is 10.2 Å². The second-order valence-electron chi connectivity index (χ2n) is 2.52. The number of aromatic nitrogens is 2. The fourth-order valence-corrected chi connectivity index (χ4v) is 1.15. The van der Waals surface area contributed by atoms with E-state index in [4.69, 9.17) is 5.11 Å². The smallest absolute Gasteiger partial charge is 0.471 e. The van der Waals surface area contributed by atoms with Gasteiger partial charge in [0.15, 0.2) is 5.69 Å². The third kappa shape index (κ3) is 2.51. The maximum Gasteiger partial charge on any atom is 0.471 e. The van der Waals surface area contributed by atoms with Gasteiger partial charge in [0.2, 0.25) is 0 Å². The Bertz CT molecular complexity index is 442. The molecule has 0 aromatic carbocycles. The molecule has 3 N–H and O–H groups in total. The zero-order valence-corrected chi connectivity index (χ0v) is 8.81. The van der Waals surface area contributed by atoms with Crippen LogP contribution < -0.4 is 5.32 Å². The van der Waals surface area contributed by atoms with E-state index < -0.39 is 29.4 Å². The van der Waals surface area contributed by atoms with Gasteiger partial charge in [-0.15, -0.1) is 0 Å². The van der Waals surface area contributed by atoms with Gasteiger partial charge < -0.3 is 10.4 Å². The van der Waals surface area contributed by atoms with Gasteiger partial charge in [-0.3, -0.25) is 9.89 Å². The van der Waals surface area contributed by atoms with Crippen molar-refractivity contribution in [2.75, 3.05) is 5.32 Å². The first kappa shape index (κ1) is 12.5. The molecule has 1 heterocycles. The number of anilines is 1. The standard InChI is InChI=1S/C6H3BrF3N3O3/c7-3-1(2(4(14)15)12-13-3)11-5(16)6(8,9)10/h(H,11,16)(H,12,13)(H,14,15). The zero-order chi connectivity index (χ0) is 12.5. The summed E-state index contributed by atoms with van der Waals surface area (Å²) < 4.78 is 35.5.